The summed E-state index contributed by atoms with van der Waals surface area (Å²) in [6.07, 6.45) is 6.73. The van der Waals surface area contributed by atoms with Gasteiger partial charge in [0.05, 0.1) is 36.0 Å². The van der Waals surface area contributed by atoms with Crippen LogP contribution >= 0.6 is 0 Å². The fourth-order valence-electron chi connectivity index (χ4n) is 4.30. The number of hydrogen-bond acceptors (Lipinski definition) is 8. The van der Waals surface area contributed by atoms with E-state index < -0.39 is 5.41 Å². The average Bonchev–Trinajstić information content (AvgIpc) is 3.01. The number of carbonyl (C=O) groups is 1. The molecule has 0 saturated heterocycles. The molecule has 204 valence electrons. The van der Waals surface area contributed by atoms with Crippen LogP contribution in [0.25, 0.3) is 22.0 Å². The zero-order valence-corrected chi connectivity index (χ0v) is 23.3. The number of aryl methyl sites for hydroxylation is 1. The number of hydrogen-bond donors (Lipinski definition) is 2. The Hall–Kier alpha value is -5.36. The maximum atomic E-state index is 13.0. The van der Waals surface area contributed by atoms with Crippen molar-refractivity contribution in [1.82, 2.24) is 19.9 Å². The van der Waals surface area contributed by atoms with Gasteiger partial charge in [0.25, 0.3) is 5.91 Å². The molecule has 0 saturated carbocycles. The van der Waals surface area contributed by atoms with E-state index in [4.69, 9.17) is 4.74 Å². The van der Waals surface area contributed by atoms with Crippen molar-refractivity contribution in [1.29, 1.82) is 5.26 Å². The molecule has 0 atom stereocenters. The SMILES string of the molecule is COc1ccc(CNc2cc3ncc(-c4cc(NC(=O)c5cc(C(C)(C)C#N)ccn5)cnc4C)cc3cn2)cc1. The molecule has 9 heteroatoms. The lowest BCUT2D eigenvalue weighted by molar-refractivity contribution is 0.102. The Morgan fingerprint density at radius 2 is 1.78 bits per heavy atom. The minimum absolute atomic E-state index is 0.225. The minimum Gasteiger partial charge on any atom is -0.497 e. The first-order valence-corrected chi connectivity index (χ1v) is 13.0. The molecule has 9 nitrogen and oxygen atoms in total. The molecule has 0 aliphatic heterocycles. The van der Waals surface area contributed by atoms with Crippen molar-refractivity contribution in [3.63, 3.8) is 0 Å². The molecule has 4 heterocycles. The summed E-state index contributed by atoms with van der Waals surface area (Å²) in [6, 6.07) is 19.3. The number of nitriles is 1. The number of carbonyl (C=O) groups excluding carboxylic acids is 1. The van der Waals surface area contributed by atoms with Crippen molar-refractivity contribution in [3.05, 3.63) is 102 Å². The summed E-state index contributed by atoms with van der Waals surface area (Å²) in [7, 11) is 1.65. The molecule has 1 amide bonds. The number of amides is 1. The number of anilines is 2. The zero-order valence-electron chi connectivity index (χ0n) is 23.3. The number of pyridine rings is 4. The van der Waals surface area contributed by atoms with Crippen LogP contribution in [0.2, 0.25) is 0 Å². The highest BCUT2D eigenvalue weighted by Gasteiger charge is 2.21. The van der Waals surface area contributed by atoms with E-state index in [1.54, 1.807) is 51.7 Å². The molecular weight excluding hydrogens is 514 g/mol. The first-order valence-electron chi connectivity index (χ1n) is 13.0. The maximum absolute atomic E-state index is 13.0. The average molecular weight is 544 g/mol. The molecule has 41 heavy (non-hydrogen) atoms. The quantitative estimate of drug-likeness (QED) is 0.242. The van der Waals surface area contributed by atoms with Crippen LogP contribution in [0.15, 0.2) is 79.4 Å². The van der Waals surface area contributed by atoms with E-state index in [0.717, 1.165) is 50.4 Å². The standard InChI is InChI=1S/C32H29N7O2/c1-20-27(13-25(18-35-20)39-31(40)29-12-24(9-10-34-29)32(2,3)19-33)22-11-23-17-38-30(14-28(23)36-16-22)37-15-21-5-7-26(41-4)8-6-21/h5-14,16-18H,15H2,1-4H3,(H,37,38)(H,39,40). The van der Waals surface area contributed by atoms with Crippen LogP contribution in [-0.2, 0) is 12.0 Å². The van der Waals surface area contributed by atoms with Gasteiger partial charge in [-0.15, -0.1) is 0 Å². The van der Waals surface area contributed by atoms with Crippen LogP contribution in [0.3, 0.4) is 0 Å². The Labute approximate surface area is 238 Å². The summed E-state index contributed by atoms with van der Waals surface area (Å²) >= 11 is 0. The number of ether oxygens (including phenoxy) is 1. The van der Waals surface area contributed by atoms with E-state index in [1.165, 1.54) is 6.20 Å². The molecule has 4 aromatic heterocycles. The predicted molar refractivity (Wildman–Crippen MR) is 159 cm³/mol. The lowest BCUT2D eigenvalue weighted by atomic mass is 9.86. The van der Waals surface area contributed by atoms with E-state index in [-0.39, 0.29) is 11.6 Å². The topological polar surface area (TPSA) is 126 Å². The highest BCUT2D eigenvalue weighted by atomic mass is 16.5. The third-order valence-electron chi connectivity index (χ3n) is 6.85. The number of nitrogens with zero attached hydrogens (tertiary/aromatic N) is 5. The summed E-state index contributed by atoms with van der Waals surface area (Å²) in [5, 5.41) is 16.5. The number of benzene rings is 1. The molecule has 0 fully saturated rings. The van der Waals surface area contributed by atoms with Gasteiger partial charge in [-0.25, -0.2) is 4.98 Å². The van der Waals surface area contributed by atoms with Gasteiger partial charge >= 0.3 is 0 Å². The van der Waals surface area contributed by atoms with Crippen LogP contribution in [-0.4, -0.2) is 33.0 Å². The largest absolute Gasteiger partial charge is 0.497 e. The lowest BCUT2D eigenvalue weighted by Gasteiger charge is -2.16. The van der Waals surface area contributed by atoms with E-state index >= 15 is 0 Å². The fourth-order valence-corrected chi connectivity index (χ4v) is 4.30. The summed E-state index contributed by atoms with van der Waals surface area (Å²) < 4.78 is 5.21. The van der Waals surface area contributed by atoms with Crippen LogP contribution in [0.4, 0.5) is 11.5 Å². The molecule has 5 rings (SSSR count). The highest BCUT2D eigenvalue weighted by molar-refractivity contribution is 6.03. The second-order valence-electron chi connectivity index (χ2n) is 10.2. The van der Waals surface area contributed by atoms with Crippen molar-refractivity contribution in [2.75, 3.05) is 17.7 Å². The summed E-state index contributed by atoms with van der Waals surface area (Å²) in [4.78, 5) is 30.9. The van der Waals surface area contributed by atoms with Crippen molar-refractivity contribution < 1.29 is 9.53 Å². The predicted octanol–water partition coefficient (Wildman–Crippen LogP) is 6.07. The number of methoxy groups -OCH3 is 1. The Balaban J connectivity index is 1.33. The smallest absolute Gasteiger partial charge is 0.274 e. The first-order chi connectivity index (χ1) is 19.8. The van der Waals surface area contributed by atoms with Gasteiger partial charge in [0.1, 0.15) is 17.3 Å². The van der Waals surface area contributed by atoms with Crippen molar-refractivity contribution in [3.8, 4) is 22.9 Å². The van der Waals surface area contributed by atoms with E-state index in [0.29, 0.717) is 12.2 Å². The maximum Gasteiger partial charge on any atom is 0.274 e. The number of rotatable bonds is 8. The lowest BCUT2D eigenvalue weighted by Crippen LogP contribution is -2.18. The Morgan fingerprint density at radius 3 is 2.54 bits per heavy atom. The molecule has 0 unspecified atom stereocenters. The van der Waals surface area contributed by atoms with Gasteiger partial charge in [-0.3, -0.25) is 19.7 Å². The number of nitrogens with one attached hydrogen (secondary N) is 2. The Kier molecular flexibility index (Phi) is 7.57. The Morgan fingerprint density at radius 1 is 0.976 bits per heavy atom. The third kappa shape index (κ3) is 6.12. The van der Waals surface area contributed by atoms with Gasteiger partial charge < -0.3 is 15.4 Å². The molecular formula is C32H29N7O2. The minimum atomic E-state index is -0.734. The van der Waals surface area contributed by atoms with Crippen molar-refractivity contribution in [2.24, 2.45) is 0 Å². The van der Waals surface area contributed by atoms with E-state index in [1.807, 2.05) is 49.4 Å². The number of aromatic nitrogens is 4. The van der Waals surface area contributed by atoms with Crippen LogP contribution in [0.1, 0.15) is 41.2 Å². The van der Waals surface area contributed by atoms with E-state index in [9.17, 15) is 10.1 Å². The second kappa shape index (κ2) is 11.4. The van der Waals surface area contributed by atoms with Gasteiger partial charge in [0.2, 0.25) is 0 Å². The molecule has 0 aliphatic rings. The summed E-state index contributed by atoms with van der Waals surface area (Å²) in [6.45, 7) is 6.13. The molecule has 5 aromatic rings. The van der Waals surface area contributed by atoms with E-state index in [2.05, 4.69) is 36.6 Å². The van der Waals surface area contributed by atoms with Crippen LogP contribution < -0.4 is 15.4 Å². The molecule has 0 radical (unpaired) electrons. The fraction of sp³-hybridized carbons (Fsp3) is 0.188. The summed E-state index contributed by atoms with van der Waals surface area (Å²) in [5.41, 5.74) is 5.15. The molecule has 0 aliphatic carbocycles. The molecule has 1 aromatic carbocycles. The van der Waals surface area contributed by atoms with Crippen molar-refractivity contribution in [2.45, 2.75) is 32.7 Å². The monoisotopic (exact) mass is 543 g/mol. The third-order valence-corrected chi connectivity index (χ3v) is 6.85. The van der Waals surface area contributed by atoms with Gasteiger partial charge in [0.15, 0.2) is 0 Å². The zero-order chi connectivity index (χ0) is 29.0. The van der Waals surface area contributed by atoms with Crippen LogP contribution in [0.5, 0.6) is 5.75 Å². The molecule has 2 N–H and O–H groups in total. The van der Waals surface area contributed by atoms with Gasteiger partial charge in [-0.1, -0.05) is 12.1 Å². The number of fused-ring (bicyclic) bond motifs is 1. The normalized spacial score (nSPS) is 11.1. The second-order valence-corrected chi connectivity index (χ2v) is 10.2. The van der Waals surface area contributed by atoms with Gasteiger partial charge in [0, 0.05) is 53.4 Å². The highest BCUT2D eigenvalue weighted by Crippen LogP contribution is 2.28. The first kappa shape index (κ1) is 27.2. The van der Waals surface area contributed by atoms with Crippen molar-refractivity contribution >= 4 is 28.3 Å². The summed E-state index contributed by atoms with van der Waals surface area (Å²) in [5.74, 6) is 1.17. The Bertz CT molecular complexity index is 1780. The van der Waals surface area contributed by atoms with Gasteiger partial charge in [-0.2, -0.15) is 5.26 Å². The molecule has 0 spiro atoms. The molecule has 0 bridgehead atoms. The van der Waals surface area contributed by atoms with Gasteiger partial charge in [-0.05, 0) is 68.3 Å². The van der Waals surface area contributed by atoms with Crippen LogP contribution in [0, 0.1) is 18.3 Å².